The molecule has 5 heteroatoms. The summed E-state index contributed by atoms with van der Waals surface area (Å²) in [6.45, 7) is 4.12. The van der Waals surface area contributed by atoms with Crippen molar-refractivity contribution in [3.63, 3.8) is 0 Å². The molecule has 5 nitrogen and oxygen atoms in total. The van der Waals surface area contributed by atoms with Crippen molar-refractivity contribution in [1.29, 1.82) is 0 Å². The Hall–Kier alpha value is -2.17. The number of anilines is 1. The lowest BCUT2D eigenvalue weighted by atomic mass is 10.1. The number of nitrogens with one attached hydrogen (secondary N) is 1. The van der Waals surface area contributed by atoms with Crippen LogP contribution in [0.4, 0.5) is 5.69 Å². The number of methoxy groups -OCH3 is 2. The Bertz CT molecular complexity index is 593. The fourth-order valence-corrected chi connectivity index (χ4v) is 2.27. The van der Waals surface area contributed by atoms with Gasteiger partial charge in [-0.1, -0.05) is 0 Å². The molecule has 1 unspecified atom stereocenters. The van der Waals surface area contributed by atoms with Crippen LogP contribution in [0.15, 0.2) is 24.4 Å². The lowest BCUT2D eigenvalue weighted by Gasteiger charge is -2.17. The summed E-state index contributed by atoms with van der Waals surface area (Å²) >= 11 is 0. The molecule has 0 aliphatic rings. The first-order valence-corrected chi connectivity index (χ1v) is 6.54. The first-order valence-electron chi connectivity index (χ1n) is 6.54. The van der Waals surface area contributed by atoms with Gasteiger partial charge in [-0.2, -0.15) is 5.10 Å². The van der Waals surface area contributed by atoms with E-state index in [1.54, 1.807) is 14.2 Å². The van der Waals surface area contributed by atoms with Crippen molar-refractivity contribution in [1.82, 2.24) is 9.78 Å². The highest BCUT2D eigenvalue weighted by atomic mass is 16.5. The number of benzene rings is 1. The number of hydrogen-bond acceptors (Lipinski definition) is 4. The smallest absolute Gasteiger partial charge is 0.145 e. The summed E-state index contributed by atoms with van der Waals surface area (Å²) in [6, 6.07) is 5.88. The Kier molecular flexibility index (Phi) is 4.17. The maximum Gasteiger partial charge on any atom is 0.145 e. The summed E-state index contributed by atoms with van der Waals surface area (Å²) in [6.07, 6.45) is 2.03. The molecule has 0 aliphatic heterocycles. The molecule has 108 valence electrons. The highest BCUT2D eigenvalue weighted by Gasteiger charge is 2.14. The lowest BCUT2D eigenvalue weighted by molar-refractivity contribution is 0.395. The highest BCUT2D eigenvalue weighted by molar-refractivity contribution is 5.60. The molecule has 0 bridgehead atoms. The largest absolute Gasteiger partial charge is 0.497 e. The maximum atomic E-state index is 5.40. The molecule has 0 saturated heterocycles. The molecule has 2 rings (SSSR count). The van der Waals surface area contributed by atoms with E-state index in [1.807, 2.05) is 43.0 Å². The van der Waals surface area contributed by atoms with Gasteiger partial charge in [0, 0.05) is 24.9 Å². The van der Waals surface area contributed by atoms with Crippen molar-refractivity contribution < 1.29 is 9.47 Å². The van der Waals surface area contributed by atoms with E-state index in [2.05, 4.69) is 17.3 Å². The second kappa shape index (κ2) is 5.86. The third-order valence-corrected chi connectivity index (χ3v) is 3.30. The molecule has 2 aromatic rings. The maximum absolute atomic E-state index is 5.40. The number of rotatable bonds is 5. The summed E-state index contributed by atoms with van der Waals surface area (Å²) in [5.41, 5.74) is 3.13. The van der Waals surface area contributed by atoms with E-state index in [1.165, 1.54) is 5.56 Å². The summed E-state index contributed by atoms with van der Waals surface area (Å²) in [4.78, 5) is 0. The average Bonchev–Trinajstić information content (AvgIpc) is 2.78. The van der Waals surface area contributed by atoms with E-state index in [4.69, 9.17) is 9.47 Å². The van der Waals surface area contributed by atoms with Crippen LogP contribution in [-0.4, -0.2) is 24.0 Å². The van der Waals surface area contributed by atoms with Crippen molar-refractivity contribution in [3.8, 4) is 11.5 Å². The zero-order chi connectivity index (χ0) is 14.7. The van der Waals surface area contributed by atoms with E-state index >= 15 is 0 Å². The molecule has 20 heavy (non-hydrogen) atoms. The first-order chi connectivity index (χ1) is 9.55. The quantitative estimate of drug-likeness (QED) is 0.911. The number of nitrogens with zero attached hydrogens (tertiary/aromatic N) is 2. The van der Waals surface area contributed by atoms with Gasteiger partial charge in [-0.25, -0.2) is 0 Å². The van der Waals surface area contributed by atoms with Crippen molar-refractivity contribution in [2.75, 3.05) is 19.5 Å². The molecule has 0 fully saturated rings. The van der Waals surface area contributed by atoms with Crippen LogP contribution in [0.25, 0.3) is 0 Å². The summed E-state index contributed by atoms with van der Waals surface area (Å²) in [5, 5.41) is 7.82. The van der Waals surface area contributed by atoms with Gasteiger partial charge in [-0.15, -0.1) is 0 Å². The molecule has 1 heterocycles. The van der Waals surface area contributed by atoms with Gasteiger partial charge in [0.25, 0.3) is 0 Å². The Morgan fingerprint density at radius 2 is 2.00 bits per heavy atom. The lowest BCUT2D eigenvalue weighted by Crippen LogP contribution is -2.08. The molecule has 1 aromatic heterocycles. The zero-order valence-corrected chi connectivity index (χ0v) is 12.6. The molecular weight excluding hydrogens is 254 g/mol. The van der Waals surface area contributed by atoms with E-state index < -0.39 is 0 Å². The van der Waals surface area contributed by atoms with Gasteiger partial charge < -0.3 is 14.8 Å². The minimum absolute atomic E-state index is 0.144. The van der Waals surface area contributed by atoms with Gasteiger partial charge in [0.2, 0.25) is 0 Å². The summed E-state index contributed by atoms with van der Waals surface area (Å²) < 4.78 is 12.4. The molecule has 0 aliphatic carbocycles. The van der Waals surface area contributed by atoms with Gasteiger partial charge in [-0.05, 0) is 26.0 Å². The van der Waals surface area contributed by atoms with E-state index in [0.717, 1.165) is 22.9 Å². The van der Waals surface area contributed by atoms with Gasteiger partial charge in [-0.3, -0.25) is 4.68 Å². The third-order valence-electron chi connectivity index (χ3n) is 3.30. The van der Waals surface area contributed by atoms with Crippen molar-refractivity contribution in [2.24, 2.45) is 7.05 Å². The van der Waals surface area contributed by atoms with E-state index in [0.29, 0.717) is 0 Å². The normalized spacial score (nSPS) is 12.1. The topological polar surface area (TPSA) is 48.3 Å². The van der Waals surface area contributed by atoms with Crippen LogP contribution in [-0.2, 0) is 7.05 Å². The van der Waals surface area contributed by atoms with Crippen molar-refractivity contribution >= 4 is 5.69 Å². The zero-order valence-electron chi connectivity index (χ0n) is 12.6. The standard InChI is InChI=1S/C15H21N3O2/c1-10(13-9-18(3)17-11(13)2)16-14-7-6-12(19-4)8-15(14)20-5/h6-10,16H,1-5H3. The van der Waals surface area contributed by atoms with Crippen molar-refractivity contribution in [3.05, 3.63) is 35.7 Å². The Labute approximate surface area is 119 Å². The monoisotopic (exact) mass is 275 g/mol. The van der Waals surface area contributed by atoms with Gasteiger partial charge in [0.15, 0.2) is 0 Å². The summed E-state index contributed by atoms with van der Waals surface area (Å²) in [7, 11) is 5.22. The summed E-state index contributed by atoms with van der Waals surface area (Å²) in [5.74, 6) is 1.54. The fraction of sp³-hybridized carbons (Fsp3) is 0.400. The number of aromatic nitrogens is 2. The predicted octanol–water partition coefficient (Wildman–Crippen LogP) is 2.92. The molecule has 1 aromatic carbocycles. The first kappa shape index (κ1) is 14.2. The minimum atomic E-state index is 0.144. The van der Waals surface area contributed by atoms with Crippen LogP contribution in [0.3, 0.4) is 0 Å². The highest BCUT2D eigenvalue weighted by Crippen LogP contribution is 2.32. The Balaban J connectivity index is 2.23. The van der Waals surface area contributed by atoms with Crippen LogP contribution >= 0.6 is 0 Å². The second-order valence-electron chi connectivity index (χ2n) is 4.78. The SMILES string of the molecule is COc1ccc(NC(C)c2cn(C)nc2C)c(OC)c1. The van der Waals surface area contributed by atoms with Gasteiger partial charge >= 0.3 is 0 Å². The molecule has 1 N–H and O–H groups in total. The second-order valence-corrected chi connectivity index (χ2v) is 4.78. The molecule has 0 saturated carbocycles. The molecule has 0 spiro atoms. The van der Waals surface area contributed by atoms with E-state index in [9.17, 15) is 0 Å². The Morgan fingerprint density at radius 1 is 1.25 bits per heavy atom. The van der Waals surface area contributed by atoms with Crippen LogP contribution in [0, 0.1) is 6.92 Å². The van der Waals surface area contributed by atoms with Crippen molar-refractivity contribution in [2.45, 2.75) is 19.9 Å². The number of aryl methyl sites for hydroxylation is 2. The van der Waals surface area contributed by atoms with Crippen LogP contribution in [0.2, 0.25) is 0 Å². The van der Waals surface area contributed by atoms with Crippen LogP contribution in [0.1, 0.15) is 24.2 Å². The average molecular weight is 275 g/mol. The van der Waals surface area contributed by atoms with Gasteiger partial charge in [0.1, 0.15) is 11.5 Å². The fourth-order valence-electron chi connectivity index (χ4n) is 2.27. The number of ether oxygens (including phenoxy) is 2. The van der Waals surface area contributed by atoms with Crippen LogP contribution < -0.4 is 14.8 Å². The molecular formula is C15H21N3O2. The molecule has 0 amide bonds. The third kappa shape index (κ3) is 2.87. The molecule has 0 radical (unpaired) electrons. The van der Waals surface area contributed by atoms with Crippen LogP contribution in [0.5, 0.6) is 11.5 Å². The Morgan fingerprint density at radius 3 is 2.55 bits per heavy atom. The van der Waals surface area contributed by atoms with E-state index in [-0.39, 0.29) is 6.04 Å². The number of hydrogen-bond donors (Lipinski definition) is 1. The minimum Gasteiger partial charge on any atom is -0.497 e. The molecule has 1 atom stereocenters. The van der Waals surface area contributed by atoms with Gasteiger partial charge in [0.05, 0.1) is 31.6 Å². The predicted molar refractivity (Wildman–Crippen MR) is 79.5 cm³/mol.